The van der Waals surface area contributed by atoms with Gasteiger partial charge >= 0.3 is 5.97 Å². The van der Waals surface area contributed by atoms with Crippen molar-refractivity contribution < 1.29 is 18.7 Å². The molecule has 1 heterocycles. The van der Waals surface area contributed by atoms with E-state index in [1.807, 2.05) is 4.90 Å². The molecule has 0 radical (unpaired) electrons. The van der Waals surface area contributed by atoms with Crippen LogP contribution in [0.15, 0.2) is 36.4 Å². The van der Waals surface area contributed by atoms with Crippen LogP contribution in [0, 0.1) is 5.82 Å². The molecule has 0 spiro atoms. The molecule has 2 aromatic carbocycles. The van der Waals surface area contributed by atoms with E-state index in [0.29, 0.717) is 11.3 Å². The van der Waals surface area contributed by atoms with E-state index >= 15 is 0 Å². The predicted octanol–water partition coefficient (Wildman–Crippen LogP) is 3.64. The lowest BCUT2D eigenvalue weighted by molar-refractivity contribution is -0.119. The molecule has 26 heavy (non-hydrogen) atoms. The van der Waals surface area contributed by atoms with Gasteiger partial charge in [0.05, 0.1) is 30.6 Å². The standard InChI is InChI=1S/C19H18ClFN2O3/c1-11-18(24)23(10-13-14(20)5-4-6-15(13)21)17-9-12(19(25)26-3)7-8-16(17)22(11)2/h4-9,11H,10H2,1-3H3. The van der Waals surface area contributed by atoms with Crippen molar-refractivity contribution >= 4 is 34.9 Å². The van der Waals surface area contributed by atoms with Gasteiger partial charge in [0.15, 0.2) is 0 Å². The van der Waals surface area contributed by atoms with Gasteiger partial charge in [0.2, 0.25) is 5.91 Å². The van der Waals surface area contributed by atoms with Gasteiger partial charge < -0.3 is 14.5 Å². The van der Waals surface area contributed by atoms with Crippen LogP contribution < -0.4 is 9.80 Å². The highest BCUT2D eigenvalue weighted by molar-refractivity contribution is 6.31. The summed E-state index contributed by atoms with van der Waals surface area (Å²) in [6, 6.07) is 8.93. The van der Waals surface area contributed by atoms with Crippen LogP contribution in [0.1, 0.15) is 22.8 Å². The van der Waals surface area contributed by atoms with Gasteiger partial charge in [-0.1, -0.05) is 17.7 Å². The first-order chi connectivity index (χ1) is 12.3. The van der Waals surface area contributed by atoms with Crippen molar-refractivity contribution in [2.24, 2.45) is 0 Å². The van der Waals surface area contributed by atoms with Gasteiger partial charge in [-0.05, 0) is 37.3 Å². The summed E-state index contributed by atoms with van der Waals surface area (Å²) in [6.45, 7) is 1.75. The Morgan fingerprint density at radius 3 is 2.65 bits per heavy atom. The monoisotopic (exact) mass is 376 g/mol. The lowest BCUT2D eigenvalue weighted by Gasteiger charge is -2.40. The molecule has 0 saturated carbocycles. The van der Waals surface area contributed by atoms with Gasteiger partial charge in [0.25, 0.3) is 0 Å². The van der Waals surface area contributed by atoms with Gasteiger partial charge in [-0.3, -0.25) is 4.79 Å². The molecule has 7 heteroatoms. The fourth-order valence-electron chi connectivity index (χ4n) is 3.01. The van der Waals surface area contributed by atoms with E-state index in [1.54, 1.807) is 38.2 Å². The van der Waals surface area contributed by atoms with E-state index in [4.69, 9.17) is 16.3 Å². The molecule has 5 nitrogen and oxygen atoms in total. The summed E-state index contributed by atoms with van der Waals surface area (Å²) in [6.07, 6.45) is 0. The van der Waals surface area contributed by atoms with Gasteiger partial charge in [-0.2, -0.15) is 0 Å². The third-order valence-electron chi connectivity index (χ3n) is 4.65. The second kappa shape index (κ2) is 6.96. The zero-order chi connectivity index (χ0) is 19.0. The molecule has 0 saturated heterocycles. The first-order valence-electron chi connectivity index (χ1n) is 8.04. The molecule has 0 fully saturated rings. The Kier molecular flexibility index (Phi) is 4.87. The lowest BCUT2D eigenvalue weighted by Crippen LogP contribution is -2.50. The summed E-state index contributed by atoms with van der Waals surface area (Å²) < 4.78 is 19.0. The maximum Gasteiger partial charge on any atom is 0.337 e. The molecule has 0 N–H and O–H groups in total. The van der Waals surface area contributed by atoms with Crippen LogP contribution in [0.5, 0.6) is 0 Å². The average molecular weight is 377 g/mol. The minimum absolute atomic E-state index is 0.0276. The van der Waals surface area contributed by atoms with Crippen molar-refractivity contribution in [1.29, 1.82) is 0 Å². The number of amides is 1. The number of likely N-dealkylation sites (N-methyl/N-ethyl adjacent to an activating group) is 1. The first-order valence-corrected chi connectivity index (χ1v) is 8.42. The van der Waals surface area contributed by atoms with Gasteiger partial charge in [0.1, 0.15) is 11.9 Å². The topological polar surface area (TPSA) is 49.9 Å². The number of esters is 1. The maximum absolute atomic E-state index is 14.2. The highest BCUT2D eigenvalue weighted by Crippen LogP contribution is 2.38. The summed E-state index contributed by atoms with van der Waals surface area (Å²) in [4.78, 5) is 28.0. The molecule has 1 aliphatic heterocycles. The van der Waals surface area contributed by atoms with Gasteiger partial charge in [-0.25, -0.2) is 9.18 Å². The number of fused-ring (bicyclic) bond motifs is 1. The number of hydrogen-bond acceptors (Lipinski definition) is 4. The van der Waals surface area contributed by atoms with E-state index in [9.17, 15) is 14.0 Å². The third kappa shape index (κ3) is 3.01. The van der Waals surface area contributed by atoms with E-state index < -0.39 is 17.8 Å². The van der Waals surface area contributed by atoms with Crippen LogP contribution in [0.3, 0.4) is 0 Å². The van der Waals surface area contributed by atoms with E-state index in [0.717, 1.165) is 5.69 Å². The van der Waals surface area contributed by atoms with Crippen molar-refractivity contribution in [1.82, 2.24) is 0 Å². The average Bonchev–Trinajstić information content (AvgIpc) is 2.64. The minimum Gasteiger partial charge on any atom is -0.465 e. The Labute approximate surface area is 155 Å². The molecular formula is C19H18ClFN2O3. The fraction of sp³-hybridized carbons (Fsp3) is 0.263. The molecule has 0 aromatic heterocycles. The summed E-state index contributed by atoms with van der Waals surface area (Å²) in [5.74, 6) is -1.20. The van der Waals surface area contributed by atoms with E-state index in [-0.39, 0.29) is 23.0 Å². The Balaban J connectivity index is 2.11. The van der Waals surface area contributed by atoms with Crippen molar-refractivity contribution in [3.05, 3.63) is 58.4 Å². The van der Waals surface area contributed by atoms with Crippen LogP contribution in [-0.2, 0) is 16.1 Å². The van der Waals surface area contributed by atoms with Crippen molar-refractivity contribution in [3.8, 4) is 0 Å². The Morgan fingerprint density at radius 2 is 2.00 bits per heavy atom. The number of benzene rings is 2. The molecule has 1 atom stereocenters. The number of anilines is 2. The third-order valence-corrected chi connectivity index (χ3v) is 5.00. The fourth-order valence-corrected chi connectivity index (χ4v) is 3.23. The van der Waals surface area contributed by atoms with E-state index in [1.165, 1.54) is 24.1 Å². The normalized spacial score (nSPS) is 16.5. The van der Waals surface area contributed by atoms with Crippen molar-refractivity contribution in [2.45, 2.75) is 19.5 Å². The Hall–Kier alpha value is -2.60. The number of ether oxygens (including phenoxy) is 1. The molecule has 1 amide bonds. The molecule has 2 aromatic rings. The van der Waals surface area contributed by atoms with Crippen LogP contribution in [0.25, 0.3) is 0 Å². The van der Waals surface area contributed by atoms with Crippen LogP contribution >= 0.6 is 11.6 Å². The highest BCUT2D eigenvalue weighted by Gasteiger charge is 2.34. The summed E-state index contributed by atoms with van der Waals surface area (Å²) in [7, 11) is 3.09. The summed E-state index contributed by atoms with van der Waals surface area (Å²) in [5, 5.41) is 0.245. The lowest BCUT2D eigenvalue weighted by atomic mass is 10.0. The SMILES string of the molecule is COC(=O)c1ccc2c(c1)N(Cc1c(F)cccc1Cl)C(=O)C(C)N2C. The predicted molar refractivity (Wildman–Crippen MR) is 98.2 cm³/mol. The zero-order valence-electron chi connectivity index (χ0n) is 14.6. The second-order valence-electron chi connectivity index (χ2n) is 6.11. The maximum atomic E-state index is 14.2. The summed E-state index contributed by atoms with van der Waals surface area (Å²) >= 11 is 6.13. The number of halogens is 2. The van der Waals surface area contributed by atoms with Crippen LogP contribution in [0.4, 0.5) is 15.8 Å². The summed E-state index contributed by atoms with van der Waals surface area (Å²) in [5.41, 5.74) is 1.82. The zero-order valence-corrected chi connectivity index (χ0v) is 15.4. The number of carbonyl (C=O) groups is 2. The Morgan fingerprint density at radius 1 is 1.27 bits per heavy atom. The largest absolute Gasteiger partial charge is 0.465 e. The molecule has 1 unspecified atom stereocenters. The van der Waals surface area contributed by atoms with Gasteiger partial charge in [-0.15, -0.1) is 0 Å². The minimum atomic E-state index is -0.509. The van der Waals surface area contributed by atoms with Crippen LogP contribution in [-0.4, -0.2) is 32.1 Å². The van der Waals surface area contributed by atoms with Crippen molar-refractivity contribution in [3.63, 3.8) is 0 Å². The molecular weight excluding hydrogens is 359 g/mol. The number of carbonyl (C=O) groups excluding carboxylic acids is 2. The molecule has 1 aliphatic rings. The quantitative estimate of drug-likeness (QED) is 0.767. The number of nitrogens with zero attached hydrogens (tertiary/aromatic N) is 2. The Bertz CT molecular complexity index is 867. The molecule has 136 valence electrons. The van der Waals surface area contributed by atoms with E-state index in [2.05, 4.69) is 0 Å². The van der Waals surface area contributed by atoms with Crippen LogP contribution in [0.2, 0.25) is 5.02 Å². The number of rotatable bonds is 3. The number of hydrogen-bond donors (Lipinski definition) is 0. The highest BCUT2D eigenvalue weighted by atomic mass is 35.5. The van der Waals surface area contributed by atoms with Gasteiger partial charge in [0, 0.05) is 17.6 Å². The first kappa shape index (κ1) is 18.2. The molecule has 0 aliphatic carbocycles. The van der Waals surface area contributed by atoms with Crippen molar-refractivity contribution in [2.75, 3.05) is 24.0 Å². The molecule has 3 rings (SSSR count). The second-order valence-corrected chi connectivity index (χ2v) is 6.51. The number of methoxy groups -OCH3 is 1. The smallest absolute Gasteiger partial charge is 0.337 e. The molecule has 0 bridgehead atoms.